The van der Waals surface area contributed by atoms with Crippen molar-refractivity contribution in [1.29, 1.82) is 0 Å². The second-order valence-electron chi connectivity index (χ2n) is 2.37. The number of hydrogen-bond donors (Lipinski definition) is 0. The highest BCUT2D eigenvalue weighted by Crippen LogP contribution is 2.56. The Morgan fingerprint density at radius 3 is 1.60 bits per heavy atom. The minimum Gasteiger partial charge on any atom is -0.165 e. The minimum absolute atomic E-state index is 0.0621. The van der Waals surface area contributed by atoms with E-state index in [1.807, 2.05) is 0 Å². The van der Waals surface area contributed by atoms with Crippen LogP contribution in [0.25, 0.3) is 0 Å². The molecule has 0 saturated carbocycles. The fourth-order valence-electron chi connectivity index (χ4n) is 0.883. The van der Waals surface area contributed by atoms with Gasteiger partial charge in [-0.25, -0.2) is 0 Å². The summed E-state index contributed by atoms with van der Waals surface area (Å²) in [6, 6.07) is 0. The molecule has 0 aliphatic heterocycles. The van der Waals surface area contributed by atoms with Gasteiger partial charge in [-0.1, -0.05) is 6.92 Å². The summed E-state index contributed by atoms with van der Waals surface area (Å²) >= 11 is -2.48. The van der Waals surface area contributed by atoms with Gasteiger partial charge in [0.25, 0.3) is 0 Å². The van der Waals surface area contributed by atoms with Gasteiger partial charge >= 0.3 is 0 Å². The normalized spacial score (nSPS) is 14.6. The lowest BCUT2D eigenvalue weighted by molar-refractivity contribution is 0.690. The van der Waals surface area contributed by atoms with Gasteiger partial charge in [-0.15, -0.1) is 0 Å². The molecule has 0 radical (unpaired) electrons. The van der Waals surface area contributed by atoms with E-state index in [9.17, 15) is 19.4 Å². The summed E-state index contributed by atoms with van der Waals surface area (Å²) in [7, 11) is 0. The summed E-state index contributed by atoms with van der Waals surface area (Å²) in [6.07, 6.45) is 0.0621. The molecule has 92 valence electrons. The van der Waals surface area contributed by atoms with E-state index in [4.69, 9.17) is 0 Å². The molecule has 0 saturated heterocycles. The highest BCUT2D eigenvalue weighted by molar-refractivity contribution is 8.20. The standard InChI is InChI=1S/C5H7F5S5/c1-2-3(11-6)5(14-9,15-10)4(12-7)13-8/h3-4H,2H2,1H3. The highest BCUT2D eigenvalue weighted by atomic mass is 32.3. The fraction of sp³-hybridized carbons (Fsp3) is 1.00. The summed E-state index contributed by atoms with van der Waals surface area (Å²) in [6.45, 7) is 1.49. The van der Waals surface area contributed by atoms with E-state index in [1.165, 1.54) is 6.92 Å². The van der Waals surface area contributed by atoms with Gasteiger partial charge in [0.1, 0.15) is 4.58 Å². The molecule has 0 N–H and O–H groups in total. The third-order valence-corrected chi connectivity index (χ3v) is 6.88. The lowest BCUT2D eigenvalue weighted by Crippen LogP contribution is -2.39. The maximum atomic E-state index is 12.7. The smallest absolute Gasteiger partial charge is 0.164 e. The molecule has 0 amide bonds. The Bertz CT molecular complexity index is 146. The zero-order valence-corrected chi connectivity index (χ0v) is 11.4. The number of halogens is 5. The van der Waals surface area contributed by atoms with Gasteiger partial charge in [-0.2, -0.15) is 19.4 Å². The average Bonchev–Trinajstić information content (AvgIpc) is 2.29. The number of rotatable bonds is 8. The molecule has 15 heavy (non-hydrogen) atoms. The van der Waals surface area contributed by atoms with E-state index >= 15 is 0 Å². The van der Waals surface area contributed by atoms with Crippen LogP contribution in [0.15, 0.2) is 0 Å². The van der Waals surface area contributed by atoms with Crippen LogP contribution >= 0.6 is 60.7 Å². The lowest BCUT2D eigenvalue weighted by Gasteiger charge is -2.32. The molecule has 0 aromatic heterocycles. The minimum atomic E-state index is -2.12. The Labute approximate surface area is 107 Å². The summed E-state index contributed by atoms with van der Waals surface area (Å²) in [5.41, 5.74) is 0. The topological polar surface area (TPSA) is 0 Å². The van der Waals surface area contributed by atoms with Crippen molar-refractivity contribution in [1.82, 2.24) is 0 Å². The van der Waals surface area contributed by atoms with Crippen molar-refractivity contribution in [3.63, 3.8) is 0 Å². The predicted octanol–water partition coefficient (Wildman–Crippen LogP) is 5.88. The zero-order valence-electron chi connectivity index (χ0n) is 7.29. The van der Waals surface area contributed by atoms with Crippen molar-refractivity contribution in [3.8, 4) is 0 Å². The Morgan fingerprint density at radius 1 is 0.933 bits per heavy atom. The molecule has 0 aliphatic carbocycles. The van der Waals surface area contributed by atoms with Crippen molar-refractivity contribution in [2.45, 2.75) is 27.3 Å². The first-order valence-electron chi connectivity index (χ1n) is 3.58. The van der Waals surface area contributed by atoms with Crippen LogP contribution in [0.5, 0.6) is 0 Å². The monoisotopic (exact) mass is 322 g/mol. The molecule has 1 unspecified atom stereocenters. The van der Waals surface area contributed by atoms with Crippen LogP contribution in [0, 0.1) is 0 Å². The molecule has 10 heteroatoms. The van der Waals surface area contributed by atoms with Gasteiger partial charge in [0.15, 0.2) is 4.08 Å². The highest BCUT2D eigenvalue weighted by Gasteiger charge is 2.52. The zero-order chi connectivity index (χ0) is 11.9. The molecule has 0 heterocycles. The van der Waals surface area contributed by atoms with Gasteiger partial charge in [-0.05, 0) is 6.42 Å². The largest absolute Gasteiger partial charge is 0.165 e. The van der Waals surface area contributed by atoms with E-state index in [0.29, 0.717) is 0 Å². The van der Waals surface area contributed by atoms with Crippen LogP contribution in [-0.4, -0.2) is 13.9 Å². The molecular weight excluding hydrogens is 315 g/mol. The third-order valence-electron chi connectivity index (χ3n) is 1.66. The van der Waals surface area contributed by atoms with Crippen molar-refractivity contribution >= 4 is 60.7 Å². The van der Waals surface area contributed by atoms with E-state index < -0.39 is 62.5 Å². The summed E-state index contributed by atoms with van der Waals surface area (Å²) < 4.78 is 58.7. The molecule has 0 aliphatic rings. The maximum Gasteiger partial charge on any atom is 0.164 e. The Hall–Kier alpha value is 1.40. The molecule has 0 bridgehead atoms. The second-order valence-corrected chi connectivity index (χ2v) is 6.63. The molecule has 0 spiro atoms. The van der Waals surface area contributed by atoms with Crippen LogP contribution in [0.2, 0.25) is 0 Å². The quantitative estimate of drug-likeness (QED) is 0.403. The molecule has 0 nitrogen and oxygen atoms in total. The average molecular weight is 322 g/mol. The van der Waals surface area contributed by atoms with E-state index in [0.717, 1.165) is 0 Å². The Kier molecular flexibility index (Phi) is 9.28. The predicted molar refractivity (Wildman–Crippen MR) is 64.1 cm³/mol. The van der Waals surface area contributed by atoms with Crippen LogP contribution in [0.3, 0.4) is 0 Å². The van der Waals surface area contributed by atoms with Crippen molar-refractivity contribution < 1.29 is 19.4 Å². The van der Waals surface area contributed by atoms with Crippen molar-refractivity contribution in [2.24, 2.45) is 0 Å². The summed E-state index contributed by atoms with van der Waals surface area (Å²) in [5.74, 6) is 0. The summed E-state index contributed by atoms with van der Waals surface area (Å²) in [5, 5.41) is -1.17. The van der Waals surface area contributed by atoms with E-state index in [2.05, 4.69) is 0 Å². The maximum absolute atomic E-state index is 12.7. The fourth-order valence-corrected chi connectivity index (χ4v) is 4.21. The van der Waals surface area contributed by atoms with Gasteiger partial charge < -0.3 is 0 Å². The number of hydrogen-bond acceptors (Lipinski definition) is 5. The van der Waals surface area contributed by atoms with Gasteiger partial charge in [0, 0.05) is 0 Å². The SMILES string of the molecule is CCC(SF)C(SF)(SF)C(SF)SF. The first-order valence-corrected chi connectivity index (χ1v) is 7.35. The lowest BCUT2D eigenvalue weighted by atomic mass is 10.2. The molecule has 1 atom stereocenters. The van der Waals surface area contributed by atoms with Crippen LogP contribution in [0.1, 0.15) is 13.3 Å². The Morgan fingerprint density at radius 2 is 1.40 bits per heavy atom. The van der Waals surface area contributed by atoms with Crippen LogP contribution in [-0.2, 0) is 0 Å². The summed E-state index contributed by atoms with van der Waals surface area (Å²) in [4.78, 5) is 0. The van der Waals surface area contributed by atoms with Crippen molar-refractivity contribution in [2.75, 3.05) is 0 Å². The first kappa shape index (κ1) is 16.4. The van der Waals surface area contributed by atoms with E-state index in [-0.39, 0.29) is 18.6 Å². The third kappa shape index (κ3) is 3.68. The second kappa shape index (κ2) is 8.48. The molecule has 0 fully saturated rings. The van der Waals surface area contributed by atoms with Gasteiger partial charge in [0.2, 0.25) is 0 Å². The molecule has 0 rings (SSSR count). The van der Waals surface area contributed by atoms with E-state index in [1.54, 1.807) is 0 Å². The first-order chi connectivity index (χ1) is 7.16. The van der Waals surface area contributed by atoms with Crippen LogP contribution in [0.4, 0.5) is 19.4 Å². The van der Waals surface area contributed by atoms with Gasteiger partial charge in [-0.3, -0.25) is 0 Å². The molecular formula is C5H7F5S5. The van der Waals surface area contributed by atoms with Crippen molar-refractivity contribution in [3.05, 3.63) is 0 Å². The van der Waals surface area contributed by atoms with Crippen LogP contribution < -0.4 is 0 Å². The van der Waals surface area contributed by atoms with Gasteiger partial charge in [0.05, 0.1) is 66.0 Å². The Balaban J connectivity index is 4.98. The molecule has 0 aromatic rings. The molecule has 0 aromatic carbocycles.